The van der Waals surface area contributed by atoms with Crippen LogP contribution >= 0.6 is 0 Å². The van der Waals surface area contributed by atoms with Crippen LogP contribution in [0.2, 0.25) is 0 Å². The molecule has 182 valence electrons. The zero-order chi connectivity index (χ0) is 24.5. The lowest BCUT2D eigenvalue weighted by molar-refractivity contribution is -0.126. The van der Waals surface area contributed by atoms with E-state index in [1.165, 1.54) is 10.4 Å². The molecular formula is C25H31N3O5S. The zero-order valence-electron chi connectivity index (χ0n) is 19.7. The van der Waals surface area contributed by atoms with Crippen molar-refractivity contribution >= 4 is 27.5 Å². The lowest BCUT2D eigenvalue weighted by atomic mass is 9.97. The third-order valence-electron chi connectivity index (χ3n) is 6.53. The van der Waals surface area contributed by atoms with E-state index >= 15 is 0 Å². The first kappa shape index (κ1) is 24.2. The second-order valence-electron chi connectivity index (χ2n) is 9.12. The average molecular weight is 486 g/mol. The van der Waals surface area contributed by atoms with Gasteiger partial charge >= 0.3 is 0 Å². The van der Waals surface area contributed by atoms with Crippen LogP contribution in [-0.2, 0) is 19.6 Å². The Bertz CT molecular complexity index is 1180. The lowest BCUT2D eigenvalue weighted by Gasteiger charge is -2.32. The summed E-state index contributed by atoms with van der Waals surface area (Å²) in [7, 11) is -3.84. The molecule has 0 bridgehead atoms. The van der Waals surface area contributed by atoms with Gasteiger partial charge in [-0.05, 0) is 49.8 Å². The van der Waals surface area contributed by atoms with Gasteiger partial charge in [0.2, 0.25) is 15.9 Å². The van der Waals surface area contributed by atoms with E-state index in [-0.39, 0.29) is 29.2 Å². The van der Waals surface area contributed by atoms with Crippen molar-refractivity contribution in [1.82, 2.24) is 9.62 Å². The predicted molar refractivity (Wildman–Crippen MR) is 129 cm³/mol. The van der Waals surface area contributed by atoms with Crippen molar-refractivity contribution < 1.29 is 22.7 Å². The lowest BCUT2D eigenvalue weighted by Crippen LogP contribution is -2.46. The number of carbonyl (C=O) groups is 2. The molecule has 2 N–H and O–H groups in total. The molecule has 2 amide bonds. The number of piperidine rings is 1. The molecular weight excluding hydrogens is 454 g/mol. The van der Waals surface area contributed by atoms with Gasteiger partial charge in [0.1, 0.15) is 5.75 Å². The maximum Gasteiger partial charge on any atom is 0.265 e. The van der Waals surface area contributed by atoms with E-state index in [9.17, 15) is 18.0 Å². The average Bonchev–Trinajstić information content (AvgIpc) is 2.83. The summed E-state index contributed by atoms with van der Waals surface area (Å²) >= 11 is 0. The van der Waals surface area contributed by atoms with Crippen molar-refractivity contribution in [1.29, 1.82) is 0 Å². The fourth-order valence-electron chi connectivity index (χ4n) is 4.43. The highest BCUT2D eigenvalue weighted by molar-refractivity contribution is 7.89. The molecule has 34 heavy (non-hydrogen) atoms. The molecule has 1 saturated heterocycles. The number of anilines is 1. The molecule has 2 heterocycles. The topological polar surface area (TPSA) is 105 Å². The van der Waals surface area contributed by atoms with Gasteiger partial charge in [0.05, 0.1) is 16.5 Å². The highest BCUT2D eigenvalue weighted by Gasteiger charge is 2.35. The quantitative estimate of drug-likeness (QED) is 0.654. The van der Waals surface area contributed by atoms with Crippen LogP contribution in [0.3, 0.4) is 0 Å². The van der Waals surface area contributed by atoms with E-state index in [1.54, 1.807) is 19.9 Å². The molecule has 2 aromatic carbocycles. The van der Waals surface area contributed by atoms with Crippen LogP contribution in [-0.4, -0.2) is 50.3 Å². The molecule has 0 aromatic heterocycles. The van der Waals surface area contributed by atoms with Crippen molar-refractivity contribution in [2.24, 2.45) is 5.92 Å². The summed E-state index contributed by atoms with van der Waals surface area (Å²) < 4.78 is 34.0. The maximum absolute atomic E-state index is 13.5. The molecule has 0 aliphatic carbocycles. The molecule has 0 radical (unpaired) electrons. The minimum atomic E-state index is -3.84. The zero-order valence-corrected chi connectivity index (χ0v) is 20.5. The number of carbonyl (C=O) groups excluding carboxylic acids is 2. The SMILES string of the molecule is Cc1cc2c(cc1S(=O)(=O)N1CCC[C@H](C(=O)NC[C@H](C)c3ccccc3)C1)O[C@@H](C)C(=O)N2. The van der Waals surface area contributed by atoms with Crippen molar-refractivity contribution in [2.75, 3.05) is 25.0 Å². The van der Waals surface area contributed by atoms with Gasteiger partial charge in [-0.15, -0.1) is 0 Å². The summed E-state index contributed by atoms with van der Waals surface area (Å²) in [5.74, 6) is -0.300. The summed E-state index contributed by atoms with van der Waals surface area (Å²) in [4.78, 5) is 24.9. The normalized spacial score (nSPS) is 21.7. The molecule has 9 heteroatoms. The van der Waals surface area contributed by atoms with E-state index in [2.05, 4.69) is 17.6 Å². The minimum Gasteiger partial charge on any atom is -0.479 e. The molecule has 0 unspecified atom stereocenters. The first-order valence-electron chi connectivity index (χ1n) is 11.6. The van der Waals surface area contributed by atoms with Crippen LogP contribution in [0.25, 0.3) is 0 Å². The van der Waals surface area contributed by atoms with E-state index in [4.69, 9.17) is 4.74 Å². The van der Waals surface area contributed by atoms with Crippen LogP contribution in [0.4, 0.5) is 5.69 Å². The number of hydrogen-bond donors (Lipinski definition) is 2. The Hall–Kier alpha value is -2.91. The molecule has 0 spiro atoms. The highest BCUT2D eigenvalue weighted by atomic mass is 32.2. The van der Waals surface area contributed by atoms with Crippen LogP contribution < -0.4 is 15.4 Å². The van der Waals surface area contributed by atoms with E-state index in [1.807, 2.05) is 30.3 Å². The molecule has 3 atom stereocenters. The van der Waals surface area contributed by atoms with E-state index < -0.39 is 22.0 Å². The number of aryl methyl sites for hydroxylation is 1. The van der Waals surface area contributed by atoms with Crippen LogP contribution in [0.1, 0.15) is 43.7 Å². The number of nitrogens with one attached hydrogen (secondary N) is 2. The Balaban J connectivity index is 1.45. The summed E-state index contributed by atoms with van der Waals surface area (Å²) in [5, 5.41) is 5.74. The minimum absolute atomic E-state index is 0.121. The van der Waals surface area contributed by atoms with Crippen molar-refractivity contribution in [3.05, 3.63) is 53.6 Å². The second kappa shape index (κ2) is 9.76. The van der Waals surface area contributed by atoms with Crippen LogP contribution in [0.5, 0.6) is 5.75 Å². The Morgan fingerprint density at radius 1 is 1.26 bits per heavy atom. The largest absolute Gasteiger partial charge is 0.479 e. The second-order valence-corrected chi connectivity index (χ2v) is 11.0. The van der Waals surface area contributed by atoms with Crippen molar-refractivity contribution in [2.45, 2.75) is 50.5 Å². The standard InChI is InChI=1S/C25H31N3O5S/c1-16-12-21-22(33-18(3)24(29)27-21)13-23(16)34(31,32)28-11-7-10-20(15-28)25(30)26-14-17(2)19-8-5-4-6-9-19/h4-6,8-9,12-13,17-18,20H,7,10-11,14-15H2,1-3H3,(H,26,30)(H,27,29)/t17-,18-,20-/m0/s1. The number of fused-ring (bicyclic) bond motifs is 1. The number of nitrogens with zero attached hydrogens (tertiary/aromatic N) is 1. The van der Waals surface area contributed by atoms with Gasteiger partial charge in [0.25, 0.3) is 5.91 Å². The van der Waals surface area contributed by atoms with E-state index in [0.29, 0.717) is 42.9 Å². The highest BCUT2D eigenvalue weighted by Crippen LogP contribution is 2.36. The van der Waals surface area contributed by atoms with Gasteiger partial charge in [-0.1, -0.05) is 37.3 Å². The molecule has 2 aromatic rings. The van der Waals surface area contributed by atoms with Gasteiger partial charge in [0.15, 0.2) is 6.10 Å². The molecule has 8 nitrogen and oxygen atoms in total. The van der Waals surface area contributed by atoms with Gasteiger partial charge < -0.3 is 15.4 Å². The summed E-state index contributed by atoms with van der Waals surface area (Å²) in [6.45, 7) is 6.35. The summed E-state index contributed by atoms with van der Waals surface area (Å²) in [6, 6.07) is 13.1. The fourth-order valence-corrected chi connectivity index (χ4v) is 6.18. The van der Waals surface area contributed by atoms with Gasteiger partial charge in [-0.2, -0.15) is 4.31 Å². The van der Waals surface area contributed by atoms with Crippen molar-refractivity contribution in [3.63, 3.8) is 0 Å². The monoisotopic (exact) mass is 485 g/mol. The summed E-state index contributed by atoms with van der Waals surface area (Å²) in [5.41, 5.74) is 2.12. The van der Waals surface area contributed by atoms with Crippen LogP contribution in [0, 0.1) is 12.8 Å². The van der Waals surface area contributed by atoms with Gasteiger partial charge in [0, 0.05) is 25.7 Å². The molecule has 4 rings (SSSR count). The maximum atomic E-state index is 13.5. The summed E-state index contributed by atoms with van der Waals surface area (Å²) in [6.07, 6.45) is 0.555. The number of hydrogen-bond acceptors (Lipinski definition) is 5. The number of rotatable bonds is 6. The Kier molecular flexibility index (Phi) is 6.95. The number of ether oxygens (including phenoxy) is 1. The Labute approximate surface area is 200 Å². The number of amides is 2. The number of sulfonamides is 1. The molecule has 2 aliphatic rings. The number of benzene rings is 2. The Morgan fingerprint density at radius 3 is 2.74 bits per heavy atom. The predicted octanol–water partition coefficient (Wildman–Crippen LogP) is 3.04. The molecule has 0 saturated carbocycles. The fraction of sp³-hybridized carbons (Fsp3) is 0.440. The first-order chi connectivity index (χ1) is 16.2. The van der Waals surface area contributed by atoms with E-state index in [0.717, 1.165) is 5.56 Å². The van der Waals surface area contributed by atoms with Gasteiger partial charge in [-0.25, -0.2) is 8.42 Å². The third kappa shape index (κ3) is 4.95. The molecule has 2 aliphatic heterocycles. The first-order valence-corrected chi connectivity index (χ1v) is 13.1. The smallest absolute Gasteiger partial charge is 0.265 e. The van der Waals surface area contributed by atoms with Crippen molar-refractivity contribution in [3.8, 4) is 5.75 Å². The molecule has 1 fully saturated rings. The third-order valence-corrected chi connectivity index (χ3v) is 8.54. The van der Waals surface area contributed by atoms with Gasteiger partial charge in [-0.3, -0.25) is 9.59 Å². The Morgan fingerprint density at radius 2 is 2.00 bits per heavy atom. The van der Waals surface area contributed by atoms with Crippen LogP contribution in [0.15, 0.2) is 47.4 Å².